The highest BCUT2D eigenvalue weighted by molar-refractivity contribution is 9.10. The van der Waals surface area contributed by atoms with Gasteiger partial charge in [-0.25, -0.2) is 4.39 Å². The van der Waals surface area contributed by atoms with Crippen molar-refractivity contribution in [2.24, 2.45) is 0 Å². The molecule has 1 aromatic carbocycles. The summed E-state index contributed by atoms with van der Waals surface area (Å²) in [6, 6.07) is 5.42. The number of benzene rings is 1. The van der Waals surface area contributed by atoms with Crippen LogP contribution in [0.2, 0.25) is 0 Å². The van der Waals surface area contributed by atoms with Gasteiger partial charge in [-0.2, -0.15) is 0 Å². The molecule has 4 nitrogen and oxygen atoms in total. The highest BCUT2D eigenvalue weighted by Gasteiger charge is 2.08. The Morgan fingerprint density at radius 1 is 1.33 bits per heavy atom. The molecule has 2 aromatic rings. The Kier molecular flexibility index (Phi) is 3.57. The highest BCUT2D eigenvalue weighted by Crippen LogP contribution is 2.20. The van der Waals surface area contributed by atoms with Gasteiger partial charge in [0.05, 0.1) is 16.2 Å². The molecule has 2 rings (SSSR count). The third-order valence-corrected chi connectivity index (χ3v) is 2.77. The Labute approximate surface area is 111 Å². The fourth-order valence-corrected chi connectivity index (χ4v) is 1.71. The lowest BCUT2D eigenvalue weighted by atomic mass is 10.2. The van der Waals surface area contributed by atoms with E-state index in [-0.39, 0.29) is 15.8 Å². The summed E-state index contributed by atoms with van der Waals surface area (Å²) in [6.45, 7) is 0. The smallest absolute Gasteiger partial charge is 0.257 e. The maximum atomic E-state index is 13.0. The number of aromatic hydroxyl groups is 1. The maximum absolute atomic E-state index is 13.0. The van der Waals surface area contributed by atoms with E-state index in [9.17, 15) is 14.3 Å². The van der Waals surface area contributed by atoms with E-state index in [1.54, 1.807) is 0 Å². The molecule has 0 bridgehead atoms. The number of amides is 1. The van der Waals surface area contributed by atoms with Gasteiger partial charge in [0, 0.05) is 11.9 Å². The first-order chi connectivity index (χ1) is 8.56. The van der Waals surface area contributed by atoms with Crippen molar-refractivity contribution >= 4 is 27.5 Å². The highest BCUT2D eigenvalue weighted by atomic mass is 79.9. The van der Waals surface area contributed by atoms with Gasteiger partial charge in [0.1, 0.15) is 11.6 Å². The van der Waals surface area contributed by atoms with Crippen molar-refractivity contribution in [2.75, 3.05) is 5.32 Å². The predicted molar refractivity (Wildman–Crippen MR) is 68.0 cm³/mol. The number of nitrogens with zero attached hydrogens (tertiary/aromatic N) is 1. The normalized spacial score (nSPS) is 10.1. The molecule has 0 aliphatic carbocycles. The maximum Gasteiger partial charge on any atom is 0.257 e. The molecule has 6 heteroatoms. The zero-order valence-electron chi connectivity index (χ0n) is 9.02. The van der Waals surface area contributed by atoms with Crippen molar-refractivity contribution in [2.45, 2.75) is 0 Å². The number of hydrogen-bond donors (Lipinski definition) is 2. The van der Waals surface area contributed by atoms with Crippen LogP contribution in [0.5, 0.6) is 5.75 Å². The van der Waals surface area contributed by atoms with E-state index in [0.29, 0.717) is 5.69 Å². The van der Waals surface area contributed by atoms with Crippen LogP contribution in [-0.2, 0) is 0 Å². The number of hydrogen-bond acceptors (Lipinski definition) is 3. The van der Waals surface area contributed by atoms with Gasteiger partial charge in [0.2, 0.25) is 0 Å². The first kappa shape index (κ1) is 12.5. The summed E-state index contributed by atoms with van der Waals surface area (Å²) >= 11 is 3.03. The van der Waals surface area contributed by atoms with E-state index in [4.69, 9.17) is 0 Å². The molecule has 0 atom stereocenters. The predicted octanol–water partition coefficient (Wildman–Crippen LogP) is 2.94. The molecule has 0 aliphatic rings. The Bertz CT molecular complexity index is 604. The van der Waals surface area contributed by atoms with Crippen LogP contribution < -0.4 is 5.32 Å². The second-order valence-corrected chi connectivity index (χ2v) is 4.37. The molecule has 0 fully saturated rings. The molecule has 1 heterocycles. The van der Waals surface area contributed by atoms with Crippen LogP contribution in [0.25, 0.3) is 0 Å². The van der Waals surface area contributed by atoms with Gasteiger partial charge in [0.15, 0.2) is 0 Å². The number of carbonyl (C=O) groups excluding carboxylic acids is 1. The van der Waals surface area contributed by atoms with Crippen molar-refractivity contribution in [3.05, 3.63) is 52.5 Å². The fraction of sp³-hybridized carbons (Fsp3) is 0. The average Bonchev–Trinajstić information content (AvgIpc) is 2.34. The SMILES string of the molecule is O=C(Nc1ccc(F)c(Br)c1)c1cncc(O)c1. The first-order valence-electron chi connectivity index (χ1n) is 4.96. The topological polar surface area (TPSA) is 62.2 Å². The lowest BCUT2D eigenvalue weighted by Gasteiger charge is -2.06. The number of aromatic nitrogens is 1. The molecule has 1 aromatic heterocycles. The number of anilines is 1. The summed E-state index contributed by atoms with van der Waals surface area (Å²) in [5.41, 5.74) is 0.659. The third-order valence-electron chi connectivity index (χ3n) is 2.16. The minimum atomic E-state index is -0.433. The molecular formula is C12H8BrFN2O2. The van der Waals surface area contributed by atoms with Gasteiger partial charge in [0.25, 0.3) is 5.91 Å². The van der Waals surface area contributed by atoms with Crippen LogP contribution in [0, 0.1) is 5.82 Å². The molecule has 18 heavy (non-hydrogen) atoms. The van der Waals surface area contributed by atoms with Crippen molar-refractivity contribution in [1.29, 1.82) is 0 Å². The Morgan fingerprint density at radius 2 is 2.11 bits per heavy atom. The molecule has 0 radical (unpaired) electrons. The van der Waals surface area contributed by atoms with Crippen LogP contribution >= 0.6 is 15.9 Å². The molecule has 0 unspecified atom stereocenters. The largest absolute Gasteiger partial charge is 0.506 e. The first-order valence-corrected chi connectivity index (χ1v) is 5.76. The molecule has 92 valence electrons. The number of carbonyl (C=O) groups is 1. The quantitative estimate of drug-likeness (QED) is 0.896. The summed E-state index contributed by atoms with van der Waals surface area (Å²) < 4.78 is 13.3. The van der Waals surface area contributed by atoms with Crippen molar-refractivity contribution in [3.63, 3.8) is 0 Å². The summed E-state index contributed by atoms with van der Waals surface area (Å²) in [5, 5.41) is 11.8. The molecule has 0 saturated heterocycles. The summed E-state index contributed by atoms with van der Waals surface area (Å²) in [5.74, 6) is -0.938. The van der Waals surface area contributed by atoms with Gasteiger partial charge in [-0.3, -0.25) is 9.78 Å². The minimum Gasteiger partial charge on any atom is -0.506 e. The van der Waals surface area contributed by atoms with Gasteiger partial charge in [-0.1, -0.05) is 0 Å². The van der Waals surface area contributed by atoms with Gasteiger partial charge in [-0.15, -0.1) is 0 Å². The molecular weight excluding hydrogens is 303 g/mol. The van der Waals surface area contributed by atoms with Crippen molar-refractivity contribution in [1.82, 2.24) is 4.98 Å². The Balaban J connectivity index is 2.18. The van der Waals surface area contributed by atoms with Crippen LogP contribution in [0.1, 0.15) is 10.4 Å². The number of halogens is 2. The van der Waals surface area contributed by atoms with Gasteiger partial charge >= 0.3 is 0 Å². The van der Waals surface area contributed by atoms with E-state index in [1.165, 1.54) is 36.7 Å². The summed E-state index contributed by atoms with van der Waals surface area (Å²) in [6.07, 6.45) is 2.55. The minimum absolute atomic E-state index is 0.0945. The summed E-state index contributed by atoms with van der Waals surface area (Å²) in [4.78, 5) is 15.5. The van der Waals surface area contributed by atoms with E-state index in [1.807, 2.05) is 0 Å². The second-order valence-electron chi connectivity index (χ2n) is 3.51. The molecule has 0 spiro atoms. The van der Waals surface area contributed by atoms with Gasteiger partial charge in [-0.05, 0) is 40.2 Å². The average molecular weight is 311 g/mol. The van der Waals surface area contributed by atoms with E-state index in [2.05, 4.69) is 26.2 Å². The fourth-order valence-electron chi connectivity index (χ4n) is 1.33. The van der Waals surface area contributed by atoms with Crippen molar-refractivity contribution < 1.29 is 14.3 Å². The Morgan fingerprint density at radius 3 is 2.78 bits per heavy atom. The van der Waals surface area contributed by atoms with Gasteiger partial charge < -0.3 is 10.4 Å². The monoisotopic (exact) mass is 310 g/mol. The standard InChI is InChI=1S/C12H8BrFN2O2/c13-10-4-8(1-2-11(10)14)16-12(18)7-3-9(17)6-15-5-7/h1-6,17H,(H,16,18). The van der Waals surface area contributed by atoms with Crippen molar-refractivity contribution in [3.8, 4) is 5.75 Å². The number of rotatable bonds is 2. The van der Waals surface area contributed by atoms with Crippen LogP contribution in [0.3, 0.4) is 0 Å². The Hall–Kier alpha value is -1.95. The summed E-state index contributed by atoms with van der Waals surface area (Å²) in [7, 11) is 0. The van der Waals surface area contributed by atoms with Crippen LogP contribution in [0.4, 0.5) is 10.1 Å². The van der Waals surface area contributed by atoms with E-state index in [0.717, 1.165) is 0 Å². The molecule has 2 N–H and O–H groups in total. The third kappa shape index (κ3) is 2.84. The second kappa shape index (κ2) is 5.14. The lowest BCUT2D eigenvalue weighted by Crippen LogP contribution is -2.12. The number of nitrogens with one attached hydrogen (secondary N) is 1. The molecule has 1 amide bonds. The zero-order valence-corrected chi connectivity index (χ0v) is 10.6. The molecule has 0 saturated carbocycles. The van der Waals surface area contributed by atoms with Crippen LogP contribution in [-0.4, -0.2) is 16.0 Å². The lowest BCUT2D eigenvalue weighted by molar-refractivity contribution is 0.102. The van der Waals surface area contributed by atoms with E-state index >= 15 is 0 Å². The zero-order chi connectivity index (χ0) is 13.1. The number of pyridine rings is 1. The van der Waals surface area contributed by atoms with Crippen LogP contribution in [0.15, 0.2) is 41.1 Å². The molecule has 0 aliphatic heterocycles. The van der Waals surface area contributed by atoms with E-state index < -0.39 is 11.7 Å².